The van der Waals surface area contributed by atoms with Crippen LogP contribution in [0.3, 0.4) is 0 Å². The third kappa shape index (κ3) is 3.45. The van der Waals surface area contributed by atoms with Crippen LogP contribution in [0.2, 0.25) is 0 Å². The van der Waals surface area contributed by atoms with Gasteiger partial charge in [0.15, 0.2) is 0 Å². The number of benzene rings is 1. The monoisotopic (exact) mass is 327 g/mol. The molecule has 1 heterocycles. The van der Waals surface area contributed by atoms with E-state index in [0.717, 1.165) is 6.42 Å². The first-order valence-corrected chi connectivity index (χ1v) is 8.79. The van der Waals surface area contributed by atoms with Crippen LogP contribution in [0.4, 0.5) is 5.69 Å². The number of hydrogen-bond acceptors (Lipinski definition) is 5. The Morgan fingerprint density at radius 1 is 1.18 bits per heavy atom. The second kappa shape index (κ2) is 6.72. The molecule has 2 rings (SSSR count). The van der Waals surface area contributed by atoms with Gasteiger partial charge in [-0.2, -0.15) is 4.31 Å². The van der Waals surface area contributed by atoms with Gasteiger partial charge in [-0.1, -0.05) is 6.92 Å². The molecule has 0 unspecified atom stereocenters. The van der Waals surface area contributed by atoms with Crippen molar-refractivity contribution in [3.63, 3.8) is 0 Å². The van der Waals surface area contributed by atoms with Crippen LogP contribution in [0.25, 0.3) is 0 Å². The number of rotatable bonds is 5. The molecule has 7 nitrogen and oxygen atoms in total. The Kier molecular flexibility index (Phi) is 5.15. The van der Waals surface area contributed by atoms with E-state index in [9.17, 15) is 18.5 Å². The van der Waals surface area contributed by atoms with Gasteiger partial charge >= 0.3 is 0 Å². The first kappa shape index (κ1) is 16.9. The number of nitrogens with zero attached hydrogens (tertiary/aromatic N) is 3. The van der Waals surface area contributed by atoms with E-state index in [-0.39, 0.29) is 10.6 Å². The number of hydrogen-bond donors (Lipinski definition) is 0. The zero-order valence-electron chi connectivity index (χ0n) is 12.8. The lowest BCUT2D eigenvalue weighted by atomic mass is 10.2. The van der Waals surface area contributed by atoms with Crippen LogP contribution < -0.4 is 0 Å². The Morgan fingerprint density at radius 3 is 2.18 bits per heavy atom. The first-order valence-electron chi connectivity index (χ1n) is 7.35. The number of piperazine rings is 1. The SMILES string of the molecule is CC[C@@H](C)N1CCN(S(=O)(=O)c2ccc([N+](=O)[O-])cc2)CC1. The van der Waals surface area contributed by atoms with Gasteiger partial charge in [0, 0.05) is 44.4 Å². The fourth-order valence-corrected chi connectivity index (χ4v) is 3.95. The predicted octanol–water partition coefficient (Wildman–Crippen LogP) is 1.70. The topological polar surface area (TPSA) is 83.8 Å². The summed E-state index contributed by atoms with van der Waals surface area (Å²) in [6.45, 7) is 6.57. The van der Waals surface area contributed by atoms with E-state index in [4.69, 9.17) is 0 Å². The third-order valence-electron chi connectivity index (χ3n) is 4.17. The highest BCUT2D eigenvalue weighted by atomic mass is 32.2. The van der Waals surface area contributed by atoms with Crippen LogP contribution in [-0.4, -0.2) is 54.8 Å². The fourth-order valence-electron chi connectivity index (χ4n) is 2.53. The lowest BCUT2D eigenvalue weighted by Crippen LogP contribution is -2.51. The summed E-state index contributed by atoms with van der Waals surface area (Å²) < 4.78 is 26.6. The molecule has 1 saturated heterocycles. The summed E-state index contributed by atoms with van der Waals surface area (Å²) in [6, 6.07) is 5.50. The average Bonchev–Trinajstić information content (AvgIpc) is 2.54. The molecule has 8 heteroatoms. The molecule has 0 aromatic heterocycles. The standard InChI is InChI=1S/C14H21N3O4S/c1-3-12(2)15-8-10-16(11-9-15)22(20,21)14-6-4-13(5-7-14)17(18)19/h4-7,12H,3,8-11H2,1-2H3/t12-/m1/s1. The molecule has 0 spiro atoms. The molecule has 1 aromatic carbocycles. The average molecular weight is 327 g/mol. The largest absolute Gasteiger partial charge is 0.298 e. The minimum Gasteiger partial charge on any atom is -0.298 e. The molecule has 0 aliphatic carbocycles. The van der Waals surface area contributed by atoms with Crippen molar-refractivity contribution in [2.24, 2.45) is 0 Å². The van der Waals surface area contributed by atoms with Crippen molar-refractivity contribution in [1.29, 1.82) is 0 Å². The quantitative estimate of drug-likeness (QED) is 0.607. The Morgan fingerprint density at radius 2 is 1.73 bits per heavy atom. The highest BCUT2D eigenvalue weighted by Gasteiger charge is 2.29. The van der Waals surface area contributed by atoms with Crippen LogP contribution in [0.1, 0.15) is 20.3 Å². The fraction of sp³-hybridized carbons (Fsp3) is 0.571. The van der Waals surface area contributed by atoms with Gasteiger partial charge in [-0.3, -0.25) is 15.0 Å². The highest BCUT2D eigenvalue weighted by molar-refractivity contribution is 7.89. The van der Waals surface area contributed by atoms with Crippen molar-refractivity contribution in [2.75, 3.05) is 26.2 Å². The molecule has 0 amide bonds. The summed E-state index contributed by atoms with van der Waals surface area (Å²) in [5, 5.41) is 10.6. The number of non-ortho nitro benzene ring substituents is 1. The number of nitro groups is 1. The van der Waals surface area contributed by atoms with Crippen molar-refractivity contribution in [2.45, 2.75) is 31.2 Å². The molecule has 0 radical (unpaired) electrons. The van der Waals surface area contributed by atoms with E-state index in [1.165, 1.54) is 28.6 Å². The third-order valence-corrected chi connectivity index (χ3v) is 6.09. The molecule has 22 heavy (non-hydrogen) atoms. The van der Waals surface area contributed by atoms with Gasteiger partial charge in [0.2, 0.25) is 10.0 Å². The smallest absolute Gasteiger partial charge is 0.269 e. The summed E-state index contributed by atoms with van der Waals surface area (Å²) in [7, 11) is -3.58. The lowest BCUT2D eigenvalue weighted by Gasteiger charge is -2.37. The minimum atomic E-state index is -3.58. The molecular weight excluding hydrogens is 306 g/mol. The van der Waals surface area contributed by atoms with Crippen molar-refractivity contribution in [3.8, 4) is 0 Å². The number of sulfonamides is 1. The van der Waals surface area contributed by atoms with Gasteiger partial charge < -0.3 is 0 Å². The van der Waals surface area contributed by atoms with Crippen molar-refractivity contribution in [1.82, 2.24) is 9.21 Å². The molecular formula is C14H21N3O4S. The van der Waals surface area contributed by atoms with Crippen LogP contribution in [-0.2, 0) is 10.0 Å². The Hall–Kier alpha value is -1.51. The van der Waals surface area contributed by atoms with Crippen molar-refractivity contribution < 1.29 is 13.3 Å². The van der Waals surface area contributed by atoms with Gasteiger partial charge in [0.25, 0.3) is 5.69 Å². The van der Waals surface area contributed by atoms with Gasteiger partial charge in [0.1, 0.15) is 0 Å². The molecule has 0 saturated carbocycles. The highest BCUT2D eigenvalue weighted by Crippen LogP contribution is 2.21. The second-order valence-corrected chi connectivity index (χ2v) is 7.39. The van der Waals surface area contributed by atoms with E-state index >= 15 is 0 Å². The number of nitro benzene ring substituents is 1. The van der Waals surface area contributed by atoms with E-state index in [1.807, 2.05) is 0 Å². The molecule has 122 valence electrons. The molecule has 1 aliphatic heterocycles. The lowest BCUT2D eigenvalue weighted by molar-refractivity contribution is -0.384. The molecule has 0 bridgehead atoms. The zero-order valence-corrected chi connectivity index (χ0v) is 13.6. The van der Waals surface area contributed by atoms with Gasteiger partial charge in [-0.05, 0) is 25.5 Å². The molecule has 0 N–H and O–H groups in total. The van der Waals surface area contributed by atoms with Crippen molar-refractivity contribution in [3.05, 3.63) is 34.4 Å². The van der Waals surface area contributed by atoms with Crippen LogP contribution in [0.5, 0.6) is 0 Å². The Labute approximate surface area is 130 Å². The minimum absolute atomic E-state index is 0.107. The first-order chi connectivity index (χ1) is 10.4. The summed E-state index contributed by atoms with van der Waals surface area (Å²) in [5.41, 5.74) is -0.111. The van der Waals surface area contributed by atoms with Crippen LogP contribution >= 0.6 is 0 Å². The summed E-state index contributed by atoms with van der Waals surface area (Å²) in [5.74, 6) is 0. The molecule has 1 aromatic rings. The Balaban J connectivity index is 2.10. The van der Waals surface area contributed by atoms with E-state index < -0.39 is 14.9 Å². The van der Waals surface area contributed by atoms with Gasteiger partial charge in [-0.15, -0.1) is 0 Å². The predicted molar refractivity (Wildman–Crippen MR) is 83.2 cm³/mol. The van der Waals surface area contributed by atoms with Gasteiger partial charge in [0.05, 0.1) is 9.82 Å². The summed E-state index contributed by atoms with van der Waals surface area (Å²) in [6.07, 6.45) is 1.04. The van der Waals surface area contributed by atoms with E-state index in [1.54, 1.807) is 0 Å². The van der Waals surface area contributed by atoms with Crippen molar-refractivity contribution >= 4 is 15.7 Å². The maximum atomic E-state index is 12.6. The molecule has 1 atom stereocenters. The second-order valence-electron chi connectivity index (χ2n) is 5.45. The van der Waals surface area contributed by atoms with E-state index in [2.05, 4.69) is 18.7 Å². The molecule has 1 aliphatic rings. The van der Waals surface area contributed by atoms with Crippen LogP contribution in [0.15, 0.2) is 29.2 Å². The van der Waals surface area contributed by atoms with Gasteiger partial charge in [-0.25, -0.2) is 8.42 Å². The summed E-state index contributed by atoms with van der Waals surface area (Å²) in [4.78, 5) is 12.5. The maximum absolute atomic E-state index is 12.6. The normalized spacial score (nSPS) is 19.0. The molecule has 1 fully saturated rings. The summed E-state index contributed by atoms with van der Waals surface area (Å²) >= 11 is 0. The zero-order chi connectivity index (χ0) is 16.3. The Bertz CT molecular complexity index is 622. The maximum Gasteiger partial charge on any atom is 0.269 e. The van der Waals surface area contributed by atoms with Crippen LogP contribution in [0, 0.1) is 10.1 Å². The van der Waals surface area contributed by atoms with E-state index in [0.29, 0.717) is 32.2 Å².